The van der Waals surface area contributed by atoms with Crippen molar-refractivity contribution in [2.24, 2.45) is 0 Å². The molecular formula is C15H11F6N3O2. The zero-order valence-corrected chi connectivity index (χ0v) is 12.8. The molecule has 0 spiro atoms. The van der Waals surface area contributed by atoms with Crippen LogP contribution in [0.2, 0.25) is 0 Å². The second kappa shape index (κ2) is 5.73. The average Bonchev–Trinajstić information content (AvgIpc) is 3.10. The Balaban J connectivity index is 1.91. The van der Waals surface area contributed by atoms with E-state index in [1.54, 1.807) is 0 Å². The second-order valence-corrected chi connectivity index (χ2v) is 5.85. The summed E-state index contributed by atoms with van der Waals surface area (Å²) in [6, 6.07) is 4.49. The van der Waals surface area contributed by atoms with Crippen LogP contribution in [0.4, 0.5) is 32.0 Å². The third-order valence-electron chi connectivity index (χ3n) is 3.81. The predicted octanol–water partition coefficient (Wildman–Crippen LogP) is 3.37. The second-order valence-electron chi connectivity index (χ2n) is 5.85. The molecule has 11 heteroatoms. The van der Waals surface area contributed by atoms with Crippen molar-refractivity contribution in [2.45, 2.75) is 30.8 Å². The van der Waals surface area contributed by atoms with Crippen molar-refractivity contribution < 1.29 is 36.2 Å². The molecule has 0 unspecified atom stereocenters. The van der Waals surface area contributed by atoms with Gasteiger partial charge in [0, 0.05) is 11.8 Å². The maximum absolute atomic E-state index is 13.0. The highest BCUT2D eigenvalue weighted by molar-refractivity contribution is 5.99. The highest BCUT2D eigenvalue weighted by Gasteiger charge is 2.48. The van der Waals surface area contributed by atoms with E-state index in [9.17, 15) is 36.2 Å². The zero-order valence-electron chi connectivity index (χ0n) is 12.8. The molecule has 0 atom stereocenters. The molecular weight excluding hydrogens is 368 g/mol. The van der Waals surface area contributed by atoms with Crippen LogP contribution >= 0.6 is 0 Å². The van der Waals surface area contributed by atoms with Crippen LogP contribution in [0.25, 0.3) is 5.69 Å². The van der Waals surface area contributed by atoms with E-state index in [4.69, 9.17) is 0 Å². The minimum absolute atomic E-state index is 0.0711. The normalized spacial score (nSPS) is 16.4. The Morgan fingerprint density at radius 2 is 1.65 bits per heavy atom. The third kappa shape index (κ3) is 3.52. The first-order chi connectivity index (χ1) is 11.9. The third-order valence-corrected chi connectivity index (χ3v) is 3.81. The Morgan fingerprint density at radius 3 is 2.12 bits per heavy atom. The Hall–Kier alpha value is -2.56. The first kappa shape index (κ1) is 18.2. The minimum atomic E-state index is -5.04. The molecule has 1 aromatic carbocycles. The van der Waals surface area contributed by atoms with E-state index in [2.05, 4.69) is 10.4 Å². The first-order valence-corrected chi connectivity index (χ1v) is 7.29. The molecule has 1 aliphatic carbocycles. The molecule has 140 valence electrons. The zero-order chi connectivity index (χ0) is 19.3. The highest BCUT2D eigenvalue weighted by atomic mass is 19.4. The Kier molecular flexibility index (Phi) is 4.02. The average molecular weight is 379 g/mol. The number of carbonyl (C=O) groups excluding carboxylic acids is 1. The number of halogens is 6. The van der Waals surface area contributed by atoms with Gasteiger partial charge < -0.3 is 10.4 Å². The lowest BCUT2D eigenvalue weighted by Crippen LogP contribution is -2.29. The summed E-state index contributed by atoms with van der Waals surface area (Å²) in [4.78, 5) is 11.7. The molecule has 1 fully saturated rings. The van der Waals surface area contributed by atoms with Gasteiger partial charge in [-0.15, -0.1) is 0 Å². The van der Waals surface area contributed by atoms with Gasteiger partial charge in [-0.1, -0.05) is 0 Å². The molecule has 2 aromatic rings. The van der Waals surface area contributed by atoms with E-state index in [1.165, 1.54) is 12.1 Å². The molecule has 1 saturated carbocycles. The van der Waals surface area contributed by atoms with Crippen LogP contribution in [-0.4, -0.2) is 26.4 Å². The van der Waals surface area contributed by atoms with E-state index in [0.717, 1.165) is 12.1 Å². The number of anilines is 1. The van der Waals surface area contributed by atoms with Gasteiger partial charge in [-0.2, -0.15) is 31.4 Å². The van der Waals surface area contributed by atoms with Crippen molar-refractivity contribution in [3.63, 3.8) is 0 Å². The Morgan fingerprint density at radius 1 is 1.08 bits per heavy atom. The molecule has 1 aromatic heterocycles. The van der Waals surface area contributed by atoms with Crippen LogP contribution in [0.15, 0.2) is 30.3 Å². The summed E-state index contributed by atoms with van der Waals surface area (Å²) in [6.07, 6.45) is -9.46. The van der Waals surface area contributed by atoms with E-state index >= 15 is 0 Å². The lowest BCUT2D eigenvalue weighted by molar-refractivity contribution is -0.143. The summed E-state index contributed by atoms with van der Waals surface area (Å²) in [5, 5.41) is 15.0. The van der Waals surface area contributed by atoms with Crippen molar-refractivity contribution in [2.75, 3.05) is 5.32 Å². The molecule has 0 bridgehead atoms. The van der Waals surface area contributed by atoms with Crippen LogP contribution in [0.1, 0.15) is 24.2 Å². The van der Waals surface area contributed by atoms with Gasteiger partial charge in [-0.3, -0.25) is 4.79 Å². The molecule has 1 heterocycles. The standard InChI is InChI=1S/C15H11F6N3O2/c16-14(17,18)10-7-11(15(19,20)21)24(23-10)9-3-1-8(2-4-9)22-12(25)13(26)5-6-13/h1-4,7,26H,5-6H2,(H,22,25). The number of benzene rings is 1. The van der Waals surface area contributed by atoms with Crippen LogP contribution in [-0.2, 0) is 17.1 Å². The number of amides is 1. The van der Waals surface area contributed by atoms with Gasteiger partial charge >= 0.3 is 12.4 Å². The van der Waals surface area contributed by atoms with Crippen LogP contribution < -0.4 is 5.32 Å². The van der Waals surface area contributed by atoms with Crippen LogP contribution in [0, 0.1) is 0 Å². The number of rotatable bonds is 3. The van der Waals surface area contributed by atoms with Gasteiger partial charge in [0.1, 0.15) is 11.3 Å². The van der Waals surface area contributed by atoms with Crippen molar-refractivity contribution in [3.05, 3.63) is 41.7 Å². The number of nitrogens with one attached hydrogen (secondary N) is 1. The van der Waals surface area contributed by atoms with Crippen LogP contribution in [0.5, 0.6) is 0 Å². The van der Waals surface area contributed by atoms with Gasteiger partial charge in [0.25, 0.3) is 5.91 Å². The van der Waals surface area contributed by atoms with Crippen molar-refractivity contribution in [1.82, 2.24) is 9.78 Å². The quantitative estimate of drug-likeness (QED) is 0.804. The number of aliphatic hydroxyl groups is 1. The fraction of sp³-hybridized carbons (Fsp3) is 0.333. The van der Waals surface area contributed by atoms with Crippen molar-refractivity contribution in [3.8, 4) is 5.69 Å². The predicted molar refractivity (Wildman–Crippen MR) is 76.4 cm³/mol. The maximum Gasteiger partial charge on any atom is 0.435 e. The van der Waals surface area contributed by atoms with E-state index in [0.29, 0.717) is 12.8 Å². The van der Waals surface area contributed by atoms with E-state index < -0.39 is 35.2 Å². The van der Waals surface area contributed by atoms with Crippen molar-refractivity contribution in [1.29, 1.82) is 0 Å². The molecule has 1 aliphatic rings. The SMILES string of the molecule is O=C(Nc1ccc(-n2nc(C(F)(F)F)cc2C(F)(F)F)cc1)C1(O)CC1. The summed E-state index contributed by atoms with van der Waals surface area (Å²) in [6.45, 7) is 0. The smallest absolute Gasteiger partial charge is 0.380 e. The number of carbonyl (C=O) groups is 1. The summed E-state index contributed by atoms with van der Waals surface area (Å²) >= 11 is 0. The summed E-state index contributed by atoms with van der Waals surface area (Å²) in [5.41, 5.74) is -4.77. The molecule has 26 heavy (non-hydrogen) atoms. The topological polar surface area (TPSA) is 67.2 Å². The summed E-state index contributed by atoms with van der Waals surface area (Å²) < 4.78 is 77.3. The lowest BCUT2D eigenvalue weighted by Gasteiger charge is -2.12. The molecule has 0 aliphatic heterocycles. The molecule has 0 radical (unpaired) electrons. The first-order valence-electron chi connectivity index (χ1n) is 7.29. The van der Waals surface area contributed by atoms with Gasteiger partial charge in [0.2, 0.25) is 0 Å². The minimum Gasteiger partial charge on any atom is -0.380 e. The summed E-state index contributed by atoms with van der Waals surface area (Å²) in [7, 11) is 0. The van der Waals surface area contributed by atoms with Gasteiger partial charge in [0.15, 0.2) is 5.69 Å². The van der Waals surface area contributed by atoms with Gasteiger partial charge in [-0.25, -0.2) is 4.68 Å². The number of nitrogens with zero attached hydrogens (tertiary/aromatic N) is 2. The summed E-state index contributed by atoms with van der Waals surface area (Å²) in [5.74, 6) is -0.653. The number of hydrogen-bond donors (Lipinski definition) is 2. The number of hydrogen-bond acceptors (Lipinski definition) is 3. The lowest BCUT2D eigenvalue weighted by atomic mass is 10.2. The molecule has 5 nitrogen and oxygen atoms in total. The molecule has 1 amide bonds. The Bertz CT molecular complexity index is 835. The number of aromatic nitrogens is 2. The molecule has 2 N–H and O–H groups in total. The van der Waals surface area contributed by atoms with E-state index in [1.807, 2.05) is 0 Å². The van der Waals surface area contributed by atoms with Crippen molar-refractivity contribution >= 4 is 11.6 Å². The highest BCUT2D eigenvalue weighted by Crippen LogP contribution is 2.37. The van der Waals surface area contributed by atoms with Crippen LogP contribution in [0.3, 0.4) is 0 Å². The van der Waals surface area contributed by atoms with Gasteiger partial charge in [-0.05, 0) is 37.1 Å². The molecule has 3 rings (SSSR count). The fourth-order valence-electron chi connectivity index (χ4n) is 2.20. The van der Waals surface area contributed by atoms with E-state index in [-0.39, 0.29) is 22.1 Å². The number of alkyl halides is 6. The fourth-order valence-corrected chi connectivity index (χ4v) is 2.20. The maximum atomic E-state index is 13.0. The largest absolute Gasteiger partial charge is 0.435 e. The van der Waals surface area contributed by atoms with Gasteiger partial charge in [0.05, 0.1) is 5.69 Å². The Labute approximate surface area is 142 Å². The molecule has 0 saturated heterocycles. The monoisotopic (exact) mass is 379 g/mol.